The number of nitrogens with zero attached hydrogens (tertiary/aromatic N) is 2. The molecule has 2 fully saturated rings. The lowest BCUT2D eigenvalue weighted by atomic mass is 9.46. The van der Waals surface area contributed by atoms with Crippen molar-refractivity contribution in [2.45, 2.75) is 58.7 Å². The van der Waals surface area contributed by atoms with Crippen LogP contribution in [0.15, 0.2) is 53.8 Å². The van der Waals surface area contributed by atoms with Gasteiger partial charge in [-0.25, -0.2) is 4.68 Å². The average Bonchev–Trinajstić information content (AvgIpc) is 3.34. The monoisotopic (exact) mass is 488 g/mol. The van der Waals surface area contributed by atoms with Crippen LogP contribution in [0.1, 0.15) is 51.8 Å². The molecule has 0 spiro atoms. The molecule has 6 heteroatoms. The normalized spacial score (nSPS) is 40.9. The first-order valence-corrected chi connectivity index (χ1v) is 13.1. The minimum absolute atomic E-state index is 0.0301. The van der Waals surface area contributed by atoms with Crippen LogP contribution in [0.2, 0.25) is 0 Å². The fraction of sp³-hybridized carbons (Fsp3) is 0.533. The van der Waals surface area contributed by atoms with E-state index >= 15 is 0 Å². The Kier molecular flexibility index (Phi) is 5.12. The van der Waals surface area contributed by atoms with Gasteiger partial charge in [-0.15, -0.1) is 0 Å². The molecule has 1 heterocycles. The van der Waals surface area contributed by atoms with Crippen molar-refractivity contribution in [2.75, 3.05) is 6.61 Å². The highest BCUT2D eigenvalue weighted by molar-refractivity contribution is 5.90. The first-order valence-electron chi connectivity index (χ1n) is 13.1. The van der Waals surface area contributed by atoms with Crippen molar-refractivity contribution in [2.24, 2.45) is 34.5 Å². The minimum atomic E-state index is -1.63. The zero-order chi connectivity index (χ0) is 25.6. The number of allylic oxidation sites excluding steroid dienone is 3. The average molecular weight is 489 g/mol. The van der Waals surface area contributed by atoms with E-state index in [9.17, 15) is 20.1 Å². The molecule has 3 N–H and O–H groups in total. The standard InChI is InChI=1S/C30H36N2O4/c1-17-10-21-23-11-18(2)30(36,26(35)16-33)29(23,4)14-25(34)27(21)28(3)13-19-15-31-32(24(19)12-22(17)28)20-8-6-5-7-9-20/h5-10,12,15,18,21,23,25,27,33-34,36H,11,13-14,16H2,1-4H3/t18-,21+,23+,25+,27+,28+,29+,30+/m1/s1. The van der Waals surface area contributed by atoms with E-state index in [2.05, 4.69) is 38.1 Å². The third kappa shape index (κ3) is 2.84. The van der Waals surface area contributed by atoms with Crippen molar-refractivity contribution in [3.8, 4) is 5.69 Å². The van der Waals surface area contributed by atoms with Gasteiger partial charge in [-0.3, -0.25) is 4.79 Å². The number of hydrogen-bond acceptors (Lipinski definition) is 5. The van der Waals surface area contributed by atoms with Crippen LogP contribution in [0.25, 0.3) is 11.8 Å². The number of rotatable bonds is 3. The quantitative estimate of drug-likeness (QED) is 0.612. The highest BCUT2D eigenvalue weighted by Crippen LogP contribution is 2.68. The summed E-state index contributed by atoms with van der Waals surface area (Å²) >= 11 is 0. The molecule has 0 unspecified atom stereocenters. The molecule has 1 aromatic heterocycles. The van der Waals surface area contributed by atoms with E-state index in [4.69, 9.17) is 5.10 Å². The van der Waals surface area contributed by atoms with Crippen LogP contribution < -0.4 is 0 Å². The maximum atomic E-state index is 12.9. The van der Waals surface area contributed by atoms with Gasteiger partial charge in [0, 0.05) is 16.7 Å². The molecule has 36 heavy (non-hydrogen) atoms. The number of benzene rings is 1. The van der Waals surface area contributed by atoms with Crippen LogP contribution in [0.5, 0.6) is 0 Å². The summed E-state index contributed by atoms with van der Waals surface area (Å²) in [6, 6.07) is 10.1. The van der Waals surface area contributed by atoms with Gasteiger partial charge in [0.25, 0.3) is 0 Å². The zero-order valence-corrected chi connectivity index (χ0v) is 21.5. The van der Waals surface area contributed by atoms with E-state index in [1.54, 1.807) is 0 Å². The molecule has 190 valence electrons. The van der Waals surface area contributed by atoms with Crippen molar-refractivity contribution in [1.29, 1.82) is 0 Å². The maximum absolute atomic E-state index is 12.9. The summed E-state index contributed by atoms with van der Waals surface area (Å²) in [6.45, 7) is 7.60. The van der Waals surface area contributed by atoms with Gasteiger partial charge in [0.05, 0.1) is 23.7 Å². The minimum Gasteiger partial charge on any atom is -0.393 e. The summed E-state index contributed by atoms with van der Waals surface area (Å²) in [6.07, 6.45) is 7.65. The third-order valence-electron chi connectivity index (χ3n) is 10.4. The number of aliphatic hydroxyl groups excluding tert-OH is 2. The molecule has 0 bridgehead atoms. The molecule has 2 aromatic rings. The van der Waals surface area contributed by atoms with Crippen LogP contribution in [-0.2, 0) is 11.2 Å². The largest absolute Gasteiger partial charge is 0.393 e. The Balaban J connectivity index is 1.46. The number of aliphatic hydroxyl groups is 3. The summed E-state index contributed by atoms with van der Waals surface area (Å²) in [7, 11) is 0. The molecule has 0 radical (unpaired) electrons. The van der Waals surface area contributed by atoms with E-state index in [1.165, 1.54) is 16.7 Å². The van der Waals surface area contributed by atoms with Gasteiger partial charge in [0.2, 0.25) is 0 Å². The molecule has 4 aliphatic rings. The number of carbonyl (C=O) groups is 1. The maximum Gasteiger partial charge on any atom is 0.190 e. The van der Waals surface area contributed by atoms with Crippen LogP contribution in [-0.4, -0.2) is 49.2 Å². The fourth-order valence-corrected chi connectivity index (χ4v) is 8.89. The van der Waals surface area contributed by atoms with Crippen LogP contribution in [0.3, 0.4) is 0 Å². The second-order valence-corrected chi connectivity index (χ2v) is 12.2. The Hall–Kier alpha value is -2.54. The number of aromatic nitrogens is 2. The highest BCUT2D eigenvalue weighted by Gasteiger charge is 2.70. The molecule has 4 aliphatic carbocycles. The van der Waals surface area contributed by atoms with Gasteiger partial charge < -0.3 is 15.3 Å². The smallest absolute Gasteiger partial charge is 0.190 e. The van der Waals surface area contributed by atoms with Crippen molar-refractivity contribution >= 4 is 11.9 Å². The number of fused-ring (bicyclic) bond motifs is 6. The van der Waals surface area contributed by atoms with Gasteiger partial charge >= 0.3 is 0 Å². The van der Waals surface area contributed by atoms with Crippen LogP contribution in [0, 0.1) is 34.5 Å². The molecular weight excluding hydrogens is 452 g/mol. The predicted octanol–water partition coefficient (Wildman–Crippen LogP) is 3.73. The summed E-state index contributed by atoms with van der Waals surface area (Å²) < 4.78 is 1.99. The molecule has 0 amide bonds. The number of para-hydroxylation sites is 1. The summed E-state index contributed by atoms with van der Waals surface area (Å²) in [5.41, 5.74) is 3.01. The summed E-state index contributed by atoms with van der Waals surface area (Å²) in [5.74, 6) is -0.751. The molecule has 6 rings (SSSR count). The molecule has 0 aliphatic heterocycles. The second kappa shape index (κ2) is 7.73. The first-order chi connectivity index (χ1) is 17.1. The van der Waals surface area contributed by atoms with Gasteiger partial charge in [0.1, 0.15) is 12.2 Å². The lowest BCUT2D eigenvalue weighted by Crippen LogP contribution is -2.62. The van der Waals surface area contributed by atoms with E-state index in [-0.39, 0.29) is 29.1 Å². The lowest BCUT2D eigenvalue weighted by molar-refractivity contribution is -0.179. The van der Waals surface area contributed by atoms with Crippen LogP contribution in [0.4, 0.5) is 0 Å². The van der Waals surface area contributed by atoms with Crippen molar-refractivity contribution in [3.05, 3.63) is 65.0 Å². The number of hydrogen-bond donors (Lipinski definition) is 3. The molecule has 2 saturated carbocycles. The fourth-order valence-electron chi connectivity index (χ4n) is 8.89. The Morgan fingerprint density at radius 3 is 2.64 bits per heavy atom. The van der Waals surface area contributed by atoms with Gasteiger partial charge in [-0.05, 0) is 73.3 Å². The summed E-state index contributed by atoms with van der Waals surface area (Å²) in [4.78, 5) is 12.9. The van der Waals surface area contributed by atoms with Crippen molar-refractivity contribution < 1.29 is 20.1 Å². The van der Waals surface area contributed by atoms with E-state index in [0.29, 0.717) is 12.8 Å². The van der Waals surface area contributed by atoms with E-state index < -0.39 is 29.5 Å². The van der Waals surface area contributed by atoms with Gasteiger partial charge in [-0.1, -0.05) is 50.6 Å². The molecule has 0 saturated heterocycles. The summed E-state index contributed by atoms with van der Waals surface area (Å²) in [5, 5.41) is 37.9. The molecule has 8 atom stereocenters. The number of carbonyl (C=O) groups excluding carboxylic acids is 1. The Morgan fingerprint density at radius 2 is 1.94 bits per heavy atom. The molecule has 6 nitrogen and oxygen atoms in total. The zero-order valence-electron chi connectivity index (χ0n) is 21.5. The Bertz CT molecular complexity index is 1300. The SMILES string of the molecule is CC1=C[C@@H]2[C@@H]([C@@H](O)C[C@@]3(C)[C@H]2C[C@@H](C)[C@]3(O)C(=O)CO)[C@@]2(C)Cc3cnn(-c4ccccc4)c3C=C12. The van der Waals surface area contributed by atoms with E-state index in [1.807, 2.05) is 42.9 Å². The number of Topliss-reactive ketones (excluding diaryl/α,β-unsaturated/α-hetero) is 1. The second-order valence-electron chi connectivity index (χ2n) is 12.2. The van der Waals surface area contributed by atoms with Crippen molar-refractivity contribution in [3.63, 3.8) is 0 Å². The van der Waals surface area contributed by atoms with Gasteiger partial charge in [0.15, 0.2) is 5.78 Å². The Morgan fingerprint density at radius 1 is 1.22 bits per heavy atom. The lowest BCUT2D eigenvalue weighted by Gasteiger charge is -2.59. The first kappa shape index (κ1) is 23.8. The third-order valence-corrected chi connectivity index (χ3v) is 10.4. The number of ketones is 1. The topological polar surface area (TPSA) is 95.6 Å². The Labute approximate surface area is 212 Å². The van der Waals surface area contributed by atoms with Crippen LogP contribution >= 0.6 is 0 Å². The highest BCUT2D eigenvalue weighted by atomic mass is 16.3. The van der Waals surface area contributed by atoms with Gasteiger partial charge in [-0.2, -0.15) is 5.10 Å². The molecule has 1 aromatic carbocycles. The molecular formula is C30H36N2O4. The van der Waals surface area contributed by atoms with E-state index in [0.717, 1.165) is 17.8 Å². The van der Waals surface area contributed by atoms with Crippen molar-refractivity contribution in [1.82, 2.24) is 9.78 Å². The predicted molar refractivity (Wildman–Crippen MR) is 137 cm³/mol.